The van der Waals surface area contributed by atoms with Crippen LogP contribution in [-0.4, -0.2) is 30.1 Å². The van der Waals surface area contributed by atoms with Crippen molar-refractivity contribution in [2.75, 3.05) is 4.72 Å². The first-order chi connectivity index (χ1) is 16.0. The van der Waals surface area contributed by atoms with E-state index in [9.17, 15) is 23.3 Å². The molecule has 0 spiro atoms. The summed E-state index contributed by atoms with van der Waals surface area (Å²) < 4.78 is 28.6. The topological polar surface area (TPSA) is 120 Å². The van der Waals surface area contributed by atoms with Gasteiger partial charge in [0, 0.05) is 6.20 Å². The number of carbonyl (C=O) groups excluding carboxylic acids is 2. The van der Waals surface area contributed by atoms with E-state index < -0.39 is 21.8 Å². The molecule has 172 valence electrons. The maximum atomic E-state index is 13.2. The smallest absolute Gasteiger partial charge is 0.264 e. The Morgan fingerprint density at radius 1 is 0.971 bits per heavy atom. The fourth-order valence-electron chi connectivity index (χ4n) is 3.72. The van der Waals surface area contributed by atoms with Crippen LogP contribution in [0.5, 0.6) is 0 Å². The third-order valence-electron chi connectivity index (χ3n) is 5.57. The standard InChI is InChI=1S/C25H22N4O4S/c1-25(2,3)17-8-10-19(11-9-17)34(32,33)28-20-12-7-16(14-26)21-22(20)24(31)29(23(21)30)15-18-6-4-5-13-27-18/h4-13,28H,15H2,1-3H3. The molecule has 0 unspecified atom stereocenters. The number of anilines is 1. The SMILES string of the molecule is CC(C)(C)c1ccc(S(=O)(=O)Nc2ccc(C#N)c3c2C(=O)N(Cc2ccccn2)C3=O)cc1. The van der Waals surface area contributed by atoms with E-state index >= 15 is 0 Å². The summed E-state index contributed by atoms with van der Waals surface area (Å²) in [5.41, 5.74) is 0.980. The zero-order valence-electron chi connectivity index (χ0n) is 18.9. The first-order valence-electron chi connectivity index (χ1n) is 10.5. The predicted octanol–water partition coefficient (Wildman–Crippen LogP) is 3.85. The number of aromatic nitrogens is 1. The van der Waals surface area contributed by atoms with E-state index in [-0.39, 0.29) is 39.2 Å². The molecule has 0 aliphatic carbocycles. The van der Waals surface area contributed by atoms with Crippen molar-refractivity contribution in [3.8, 4) is 6.07 Å². The molecule has 1 N–H and O–H groups in total. The molecule has 1 aliphatic rings. The second kappa shape index (κ2) is 8.39. The molecule has 0 bridgehead atoms. The number of nitrogens with one attached hydrogen (secondary N) is 1. The monoisotopic (exact) mass is 474 g/mol. The van der Waals surface area contributed by atoms with E-state index in [2.05, 4.69) is 9.71 Å². The van der Waals surface area contributed by atoms with Crippen molar-refractivity contribution >= 4 is 27.5 Å². The number of carbonyl (C=O) groups is 2. The zero-order chi connectivity index (χ0) is 24.7. The second-order valence-corrected chi connectivity index (χ2v) is 10.6. The minimum atomic E-state index is -4.06. The first kappa shape index (κ1) is 23.1. The fourth-order valence-corrected chi connectivity index (χ4v) is 4.79. The normalized spacial score (nSPS) is 13.5. The van der Waals surface area contributed by atoms with Crippen LogP contribution in [0.25, 0.3) is 0 Å². The maximum absolute atomic E-state index is 13.2. The molecule has 0 saturated carbocycles. The Hall–Kier alpha value is -4.03. The van der Waals surface area contributed by atoms with Gasteiger partial charge in [-0.25, -0.2) is 8.42 Å². The van der Waals surface area contributed by atoms with Gasteiger partial charge in [-0.05, 0) is 47.4 Å². The highest BCUT2D eigenvalue weighted by Gasteiger charge is 2.40. The van der Waals surface area contributed by atoms with Gasteiger partial charge in [0.2, 0.25) is 0 Å². The summed E-state index contributed by atoms with van der Waals surface area (Å²) in [7, 11) is -4.06. The lowest BCUT2D eigenvalue weighted by molar-refractivity contribution is 0.0640. The highest BCUT2D eigenvalue weighted by Crippen LogP contribution is 2.34. The summed E-state index contributed by atoms with van der Waals surface area (Å²) in [6.07, 6.45) is 1.54. The third kappa shape index (κ3) is 4.16. The highest BCUT2D eigenvalue weighted by molar-refractivity contribution is 7.92. The molecular weight excluding hydrogens is 452 g/mol. The van der Waals surface area contributed by atoms with Gasteiger partial charge in [0.1, 0.15) is 0 Å². The number of hydrogen-bond donors (Lipinski definition) is 1. The van der Waals surface area contributed by atoms with Gasteiger partial charge < -0.3 is 0 Å². The van der Waals surface area contributed by atoms with Crippen molar-refractivity contribution in [1.29, 1.82) is 5.26 Å². The predicted molar refractivity (Wildman–Crippen MR) is 126 cm³/mol. The van der Waals surface area contributed by atoms with Crippen LogP contribution in [0.15, 0.2) is 65.7 Å². The van der Waals surface area contributed by atoms with Gasteiger partial charge in [-0.1, -0.05) is 39.0 Å². The van der Waals surface area contributed by atoms with E-state index in [1.165, 1.54) is 24.3 Å². The van der Waals surface area contributed by atoms with E-state index in [0.717, 1.165) is 10.5 Å². The maximum Gasteiger partial charge on any atom is 0.264 e. The summed E-state index contributed by atoms with van der Waals surface area (Å²) in [5, 5.41) is 9.49. The summed E-state index contributed by atoms with van der Waals surface area (Å²) in [6.45, 7) is 5.97. The minimum Gasteiger partial charge on any atom is -0.279 e. The Kier molecular flexibility index (Phi) is 5.71. The zero-order valence-corrected chi connectivity index (χ0v) is 19.7. The minimum absolute atomic E-state index is 0.00523. The average molecular weight is 475 g/mol. The van der Waals surface area contributed by atoms with Crippen LogP contribution in [0.2, 0.25) is 0 Å². The van der Waals surface area contributed by atoms with E-state index in [0.29, 0.717) is 5.69 Å². The Balaban J connectivity index is 1.71. The molecule has 0 fully saturated rings. The molecule has 34 heavy (non-hydrogen) atoms. The molecule has 0 atom stereocenters. The molecule has 3 aromatic rings. The molecule has 8 nitrogen and oxygen atoms in total. The van der Waals surface area contributed by atoms with Gasteiger partial charge in [-0.3, -0.25) is 24.2 Å². The number of sulfonamides is 1. The number of benzene rings is 2. The van der Waals surface area contributed by atoms with Crippen LogP contribution in [0, 0.1) is 11.3 Å². The lowest BCUT2D eigenvalue weighted by atomic mass is 9.87. The highest BCUT2D eigenvalue weighted by atomic mass is 32.2. The molecule has 2 heterocycles. The quantitative estimate of drug-likeness (QED) is 0.561. The molecule has 1 aromatic heterocycles. The third-order valence-corrected chi connectivity index (χ3v) is 6.95. The molecule has 9 heteroatoms. The van der Waals surface area contributed by atoms with Crippen LogP contribution >= 0.6 is 0 Å². The number of amides is 2. The van der Waals surface area contributed by atoms with Gasteiger partial charge in [-0.2, -0.15) is 5.26 Å². The Bertz CT molecular complexity index is 1440. The van der Waals surface area contributed by atoms with Gasteiger partial charge in [0.25, 0.3) is 21.8 Å². The van der Waals surface area contributed by atoms with Crippen LogP contribution < -0.4 is 4.72 Å². The number of hydrogen-bond acceptors (Lipinski definition) is 6. The van der Waals surface area contributed by atoms with Crippen molar-refractivity contribution in [2.24, 2.45) is 0 Å². The summed E-state index contributed by atoms with van der Waals surface area (Å²) in [5.74, 6) is -1.36. The summed E-state index contributed by atoms with van der Waals surface area (Å²) in [4.78, 5) is 31.4. The lowest BCUT2D eigenvalue weighted by Crippen LogP contribution is -2.29. The number of pyridine rings is 1. The van der Waals surface area contributed by atoms with Crippen LogP contribution in [0.4, 0.5) is 5.69 Å². The summed E-state index contributed by atoms with van der Waals surface area (Å²) in [6, 6.07) is 16.1. The van der Waals surface area contributed by atoms with Crippen molar-refractivity contribution < 1.29 is 18.0 Å². The molecule has 0 saturated heterocycles. The molecule has 4 rings (SSSR count). The molecule has 2 amide bonds. The van der Waals surface area contributed by atoms with Gasteiger partial charge in [-0.15, -0.1) is 0 Å². The lowest BCUT2D eigenvalue weighted by Gasteiger charge is -2.19. The van der Waals surface area contributed by atoms with Crippen molar-refractivity contribution in [3.05, 3.63) is 88.7 Å². The van der Waals surface area contributed by atoms with Gasteiger partial charge in [0.15, 0.2) is 0 Å². The molecule has 1 aliphatic heterocycles. The Morgan fingerprint density at radius 2 is 1.65 bits per heavy atom. The molecular formula is C25H22N4O4S. The average Bonchev–Trinajstić information content (AvgIpc) is 3.05. The van der Waals surface area contributed by atoms with E-state index in [4.69, 9.17) is 0 Å². The van der Waals surface area contributed by atoms with Gasteiger partial charge in [0.05, 0.1) is 45.6 Å². The van der Waals surface area contributed by atoms with Crippen LogP contribution in [0.3, 0.4) is 0 Å². The fraction of sp³-hybridized carbons (Fsp3) is 0.200. The first-order valence-corrected chi connectivity index (χ1v) is 12.0. The number of nitrogens with zero attached hydrogens (tertiary/aromatic N) is 3. The van der Waals surface area contributed by atoms with Gasteiger partial charge >= 0.3 is 0 Å². The van der Waals surface area contributed by atoms with Crippen molar-refractivity contribution in [2.45, 2.75) is 37.6 Å². The largest absolute Gasteiger partial charge is 0.279 e. The number of rotatable bonds is 5. The van der Waals surface area contributed by atoms with E-state index in [1.807, 2.05) is 26.8 Å². The molecule has 0 radical (unpaired) electrons. The van der Waals surface area contributed by atoms with Crippen LogP contribution in [-0.2, 0) is 22.0 Å². The van der Waals surface area contributed by atoms with Crippen molar-refractivity contribution in [1.82, 2.24) is 9.88 Å². The van der Waals surface area contributed by atoms with Crippen molar-refractivity contribution in [3.63, 3.8) is 0 Å². The summed E-state index contributed by atoms with van der Waals surface area (Å²) >= 11 is 0. The number of fused-ring (bicyclic) bond motifs is 1. The number of nitriles is 1. The molecule has 2 aromatic carbocycles. The Labute approximate surface area is 197 Å². The Morgan fingerprint density at radius 3 is 2.24 bits per heavy atom. The van der Waals surface area contributed by atoms with Crippen LogP contribution in [0.1, 0.15) is 58.3 Å². The second-order valence-electron chi connectivity index (χ2n) is 8.92. The van der Waals surface area contributed by atoms with E-state index in [1.54, 1.807) is 36.5 Å². The number of imide groups is 1.